The summed E-state index contributed by atoms with van der Waals surface area (Å²) in [5.41, 5.74) is 32.2. The van der Waals surface area contributed by atoms with E-state index in [1.54, 1.807) is 0 Å². The van der Waals surface area contributed by atoms with Crippen molar-refractivity contribution >= 4 is 68.1 Å². The number of anilines is 5. The quantitative estimate of drug-likeness (QED) is 0.0146. The number of hydrogen-bond donors (Lipinski definition) is 7. The maximum Gasteiger partial charge on any atom is 0.251 e. The molecular weight excluding hydrogens is 961 g/mol. The van der Waals surface area contributed by atoms with Gasteiger partial charge in [-0.2, -0.15) is 4.57 Å². The lowest BCUT2D eigenvalue weighted by Crippen LogP contribution is -2.33. The summed E-state index contributed by atoms with van der Waals surface area (Å²) in [6.45, 7) is 11.5. The van der Waals surface area contributed by atoms with Crippen LogP contribution in [0.5, 0.6) is 0 Å². The summed E-state index contributed by atoms with van der Waals surface area (Å²) >= 11 is 0. The molecule has 0 aliphatic heterocycles. The van der Waals surface area contributed by atoms with Gasteiger partial charge in [-0.05, 0) is 177 Å². The highest BCUT2D eigenvalue weighted by Crippen LogP contribution is 2.32. The van der Waals surface area contributed by atoms with Crippen LogP contribution in [0, 0.1) is 20.8 Å². The molecule has 0 radical (unpaired) electrons. The largest absolute Gasteiger partial charge is 0.398 e. The zero-order valence-corrected chi connectivity index (χ0v) is 45.8. The van der Waals surface area contributed by atoms with Gasteiger partial charge in [0.15, 0.2) is 0 Å². The molecular formula is C68H75N8O2+. The number of rotatable bonds is 23. The van der Waals surface area contributed by atoms with Gasteiger partial charge in [0.05, 0.1) is 0 Å². The summed E-state index contributed by atoms with van der Waals surface area (Å²) in [5.74, 6) is -0.131. The molecule has 2 amide bonds. The number of aromatic nitrogens is 1. The SMILES string of the molecule is CC1=C/C(=C/c2cc(C)c(N)cc2Nc2ccccc2)CC=C1NCCCCCCNC(=O)c1ccc(-c2ccc(C(=O)NCCCCCCNc3cc4c(cc3C)cc3cc(C)c(N)cc3[n+]4-c3ccccc3)cc2)cc1. The second-order valence-corrected chi connectivity index (χ2v) is 20.8. The zero-order chi connectivity index (χ0) is 54.4. The standard InChI is InChI=1S/C68H74N8O2/c1-46-38-55(64(43-60(46)69)75-58-19-11-9-12-20-58)41-50-23-32-62(48(3)37-50)71-33-15-5-7-17-35-73-67(77)53-28-24-51(25-29-53)52-26-30-54(31-27-52)68(78)74-36-18-8-6-16-34-72-63-45-66-57(40-49(63)4)42-56-39-47(2)61(70)44-65(56)76(66)59-21-13-10-14-22-59/h9-14,19-22,24-32,37-45,71,75H,5-8,15-18,23,33-36,69H2,1-4H3,(H4,70,72,73,74,77,78)/p+1/b50-41+. The van der Waals surface area contributed by atoms with Crippen LogP contribution in [0.2, 0.25) is 0 Å². The minimum Gasteiger partial charge on any atom is -0.398 e. The number of fused-ring (bicyclic) bond motifs is 2. The molecule has 0 bridgehead atoms. The van der Waals surface area contributed by atoms with Crippen molar-refractivity contribution in [1.82, 2.24) is 16.0 Å². The summed E-state index contributed by atoms with van der Waals surface area (Å²) in [4.78, 5) is 26.0. The lowest BCUT2D eigenvalue weighted by Gasteiger charge is -2.18. The molecule has 0 atom stereocenters. The van der Waals surface area contributed by atoms with Gasteiger partial charge >= 0.3 is 0 Å². The summed E-state index contributed by atoms with van der Waals surface area (Å²) in [6.07, 6.45) is 15.9. The van der Waals surface area contributed by atoms with Crippen molar-refractivity contribution in [3.63, 3.8) is 0 Å². The minimum absolute atomic E-state index is 0.0638. The zero-order valence-electron chi connectivity index (χ0n) is 45.8. The number of amides is 2. The molecule has 78 heavy (non-hydrogen) atoms. The molecule has 398 valence electrons. The van der Waals surface area contributed by atoms with Crippen molar-refractivity contribution in [2.24, 2.45) is 0 Å². The molecule has 0 spiro atoms. The molecule has 7 aromatic carbocycles. The van der Waals surface area contributed by atoms with Gasteiger partial charge < -0.3 is 38.1 Å². The normalized spacial score (nSPS) is 12.8. The van der Waals surface area contributed by atoms with E-state index >= 15 is 0 Å². The summed E-state index contributed by atoms with van der Waals surface area (Å²) in [7, 11) is 0. The summed E-state index contributed by atoms with van der Waals surface area (Å²) in [6, 6.07) is 51.2. The Bertz CT molecular complexity index is 3490. The van der Waals surface area contributed by atoms with Crippen LogP contribution in [0.3, 0.4) is 0 Å². The first kappa shape index (κ1) is 54.2. The molecule has 1 aromatic heterocycles. The van der Waals surface area contributed by atoms with Crippen molar-refractivity contribution < 1.29 is 14.2 Å². The second kappa shape index (κ2) is 25.9. The predicted molar refractivity (Wildman–Crippen MR) is 327 cm³/mol. The minimum atomic E-state index is -0.0674. The molecule has 1 aliphatic carbocycles. The first-order valence-corrected chi connectivity index (χ1v) is 27.8. The first-order valence-electron chi connectivity index (χ1n) is 27.8. The number of pyridine rings is 1. The lowest BCUT2D eigenvalue weighted by atomic mass is 9.96. The summed E-state index contributed by atoms with van der Waals surface area (Å²) in [5, 5.41) is 19.4. The number of unbranched alkanes of at least 4 members (excludes halogenated alkanes) is 6. The Morgan fingerprint density at radius 1 is 0.526 bits per heavy atom. The molecule has 0 saturated carbocycles. The van der Waals surface area contributed by atoms with Crippen LogP contribution in [0.25, 0.3) is 44.7 Å². The molecule has 9 N–H and O–H groups in total. The Hall–Kier alpha value is -8.63. The fraction of sp³-hybridized carbons (Fsp3) is 0.250. The van der Waals surface area contributed by atoms with Crippen molar-refractivity contribution in [2.75, 3.05) is 48.3 Å². The molecule has 10 heteroatoms. The molecule has 8 aromatic rings. The van der Waals surface area contributed by atoms with Gasteiger partial charge in [0, 0.05) is 106 Å². The monoisotopic (exact) mass is 1040 g/mol. The van der Waals surface area contributed by atoms with Gasteiger partial charge in [-0.15, -0.1) is 0 Å². The molecule has 10 nitrogen and oxygen atoms in total. The van der Waals surface area contributed by atoms with Gasteiger partial charge in [-0.3, -0.25) is 9.59 Å². The molecule has 0 unspecified atom stereocenters. The van der Waals surface area contributed by atoms with E-state index in [2.05, 4.69) is 143 Å². The van der Waals surface area contributed by atoms with Gasteiger partial charge in [-0.1, -0.05) is 98.5 Å². The highest BCUT2D eigenvalue weighted by atomic mass is 16.2. The van der Waals surface area contributed by atoms with E-state index in [0.29, 0.717) is 24.2 Å². The van der Waals surface area contributed by atoms with Gasteiger partial charge in [0.1, 0.15) is 0 Å². The smallest absolute Gasteiger partial charge is 0.251 e. The van der Waals surface area contributed by atoms with Crippen LogP contribution in [0.4, 0.5) is 28.4 Å². The number of aryl methyl sites for hydroxylation is 3. The Morgan fingerprint density at radius 2 is 1.05 bits per heavy atom. The van der Waals surface area contributed by atoms with E-state index in [4.69, 9.17) is 11.5 Å². The number of benzene rings is 7. The number of nitrogens with one attached hydrogen (secondary N) is 5. The second-order valence-electron chi connectivity index (χ2n) is 20.8. The number of nitrogens with zero attached hydrogens (tertiary/aromatic N) is 1. The van der Waals surface area contributed by atoms with Crippen LogP contribution in [0.1, 0.15) is 108 Å². The number of allylic oxidation sites excluding steroid dienone is 4. The number of para-hydroxylation sites is 2. The maximum atomic E-state index is 13.0. The number of nitrogens with two attached hydrogens (primary N) is 2. The molecule has 1 aliphatic rings. The number of carbonyl (C=O) groups excluding carboxylic acids is 2. The third-order valence-electron chi connectivity index (χ3n) is 14.8. The van der Waals surface area contributed by atoms with E-state index in [-0.39, 0.29) is 11.8 Å². The topological polar surface area (TPSA) is 150 Å². The van der Waals surface area contributed by atoms with Crippen LogP contribution >= 0.6 is 0 Å². The van der Waals surface area contributed by atoms with Crippen molar-refractivity contribution in [2.45, 2.75) is 85.5 Å². The maximum absolute atomic E-state index is 13.0. The van der Waals surface area contributed by atoms with Crippen LogP contribution < -0.4 is 42.6 Å². The lowest BCUT2D eigenvalue weighted by molar-refractivity contribution is -0.537. The predicted octanol–water partition coefficient (Wildman–Crippen LogP) is 14.4. The Labute approximate surface area is 460 Å². The van der Waals surface area contributed by atoms with Crippen molar-refractivity contribution in [3.05, 3.63) is 214 Å². The Morgan fingerprint density at radius 3 is 1.65 bits per heavy atom. The highest BCUT2D eigenvalue weighted by Gasteiger charge is 2.21. The fourth-order valence-electron chi connectivity index (χ4n) is 10.3. The van der Waals surface area contributed by atoms with E-state index in [1.165, 1.54) is 27.8 Å². The van der Waals surface area contributed by atoms with Crippen molar-refractivity contribution in [3.8, 4) is 16.8 Å². The summed E-state index contributed by atoms with van der Waals surface area (Å²) < 4.78 is 2.31. The third-order valence-corrected chi connectivity index (χ3v) is 14.8. The highest BCUT2D eigenvalue weighted by molar-refractivity contribution is 5.96. The number of hydrogen-bond acceptors (Lipinski definition) is 7. The van der Waals surface area contributed by atoms with E-state index in [9.17, 15) is 9.59 Å². The Balaban J connectivity index is 0.639. The van der Waals surface area contributed by atoms with E-state index in [0.717, 1.165) is 149 Å². The number of carbonyl (C=O) groups is 2. The Kier molecular flexibility index (Phi) is 18.0. The molecule has 0 saturated heterocycles. The molecule has 9 rings (SSSR count). The third kappa shape index (κ3) is 13.9. The fourth-order valence-corrected chi connectivity index (χ4v) is 10.3. The van der Waals surface area contributed by atoms with Gasteiger partial charge in [0.2, 0.25) is 16.7 Å². The average molecular weight is 1040 g/mol. The molecule has 0 fully saturated rings. The van der Waals surface area contributed by atoms with Crippen LogP contribution in [-0.4, -0.2) is 38.0 Å². The van der Waals surface area contributed by atoms with Crippen LogP contribution in [-0.2, 0) is 0 Å². The van der Waals surface area contributed by atoms with Crippen molar-refractivity contribution in [1.29, 1.82) is 0 Å². The van der Waals surface area contributed by atoms with Crippen LogP contribution in [0.15, 0.2) is 181 Å². The number of nitrogen functional groups attached to an aromatic ring is 2. The first-order chi connectivity index (χ1) is 38.0. The van der Waals surface area contributed by atoms with E-state index < -0.39 is 0 Å². The van der Waals surface area contributed by atoms with Gasteiger partial charge in [0.25, 0.3) is 11.8 Å². The van der Waals surface area contributed by atoms with E-state index in [1.807, 2.05) is 85.8 Å². The van der Waals surface area contributed by atoms with Gasteiger partial charge in [-0.25, -0.2) is 0 Å². The average Bonchev–Trinajstić information content (AvgIpc) is 3.60. The molecule has 1 heterocycles.